The van der Waals surface area contributed by atoms with Gasteiger partial charge < -0.3 is 4.74 Å². The van der Waals surface area contributed by atoms with E-state index in [4.69, 9.17) is 4.74 Å². The molecule has 0 aliphatic heterocycles. The second-order valence-corrected chi connectivity index (χ2v) is 2.26. The van der Waals surface area contributed by atoms with Crippen molar-refractivity contribution < 1.29 is 29.0 Å². The molecule has 0 aromatic carbocycles. The van der Waals surface area contributed by atoms with Crippen LogP contribution >= 0.6 is 0 Å². The first-order chi connectivity index (χ1) is 4.81. The normalized spacial score (nSPS) is 8.55. The number of carbonyl (C=O) groups excluding carboxylic acids is 1. The van der Waals surface area contributed by atoms with Crippen molar-refractivity contribution >= 4 is 5.97 Å². The van der Waals surface area contributed by atoms with Gasteiger partial charge in [0, 0.05) is 6.42 Å². The molecule has 66 valence electrons. The van der Waals surface area contributed by atoms with E-state index >= 15 is 0 Å². The van der Waals surface area contributed by atoms with Gasteiger partial charge in [-0.05, 0) is 13.3 Å². The van der Waals surface area contributed by atoms with Gasteiger partial charge in [-0.25, -0.2) is 0 Å². The predicted octanol–water partition coefficient (Wildman–Crippen LogP) is 2.13. The van der Waals surface area contributed by atoms with Crippen LogP contribution in [0.4, 0.5) is 0 Å². The Hall–Kier alpha value is 0.0934. The van der Waals surface area contributed by atoms with Crippen molar-refractivity contribution in [3.63, 3.8) is 0 Å². The van der Waals surface area contributed by atoms with Crippen LogP contribution in [-0.2, 0) is 29.0 Å². The summed E-state index contributed by atoms with van der Waals surface area (Å²) in [6.07, 6.45) is 3.83. The fraction of sp³-hybridized carbons (Fsp3) is 0.875. The van der Waals surface area contributed by atoms with Crippen molar-refractivity contribution in [3.05, 3.63) is 0 Å². The van der Waals surface area contributed by atoms with E-state index in [1.165, 1.54) is 0 Å². The topological polar surface area (TPSA) is 26.3 Å². The van der Waals surface area contributed by atoms with Crippen molar-refractivity contribution in [1.29, 1.82) is 0 Å². The number of hydrogen-bond acceptors (Lipinski definition) is 2. The van der Waals surface area contributed by atoms with E-state index in [-0.39, 0.29) is 25.4 Å². The van der Waals surface area contributed by atoms with Crippen LogP contribution in [0.5, 0.6) is 0 Å². The molecular weight excluding hydrogens is 231 g/mol. The molecule has 0 aromatic rings. The summed E-state index contributed by atoms with van der Waals surface area (Å²) in [6, 6.07) is 0. The first-order valence-electron chi connectivity index (χ1n) is 3.96. The summed E-state index contributed by atoms with van der Waals surface area (Å²) in [7, 11) is 0. The summed E-state index contributed by atoms with van der Waals surface area (Å²) in [5.41, 5.74) is 0. The summed E-state index contributed by atoms with van der Waals surface area (Å²) in [4.78, 5) is 10.7. The summed E-state index contributed by atoms with van der Waals surface area (Å²) < 4.78 is 4.75. The third-order valence-electron chi connectivity index (χ3n) is 1.29. The number of carbonyl (C=O) groups is 1. The van der Waals surface area contributed by atoms with Crippen molar-refractivity contribution in [1.82, 2.24) is 0 Å². The van der Waals surface area contributed by atoms with Crippen LogP contribution in [0.25, 0.3) is 0 Å². The van der Waals surface area contributed by atoms with E-state index in [1.54, 1.807) is 0 Å². The number of ether oxygens (including phenoxy) is 1. The van der Waals surface area contributed by atoms with E-state index < -0.39 is 0 Å². The maximum atomic E-state index is 10.7. The quantitative estimate of drug-likeness (QED) is 0.422. The SMILES string of the molecule is CCCCCC(=O)OCC.[Rh+3]. The van der Waals surface area contributed by atoms with Gasteiger partial charge in [-0.2, -0.15) is 0 Å². The molecule has 0 fully saturated rings. The zero-order valence-electron chi connectivity index (χ0n) is 7.19. The second kappa shape index (κ2) is 10.1. The first-order valence-corrected chi connectivity index (χ1v) is 3.96. The van der Waals surface area contributed by atoms with E-state index in [0.717, 1.165) is 19.3 Å². The van der Waals surface area contributed by atoms with Crippen molar-refractivity contribution in [3.8, 4) is 0 Å². The molecule has 0 spiro atoms. The molecule has 2 nitrogen and oxygen atoms in total. The molecule has 0 saturated carbocycles. The minimum absolute atomic E-state index is 0. The third-order valence-corrected chi connectivity index (χ3v) is 1.29. The largest absolute Gasteiger partial charge is 3.00 e. The van der Waals surface area contributed by atoms with Gasteiger partial charge in [0.15, 0.2) is 0 Å². The fourth-order valence-corrected chi connectivity index (χ4v) is 0.752. The van der Waals surface area contributed by atoms with Gasteiger partial charge in [-0.3, -0.25) is 4.79 Å². The molecule has 0 N–H and O–H groups in total. The fourth-order valence-electron chi connectivity index (χ4n) is 0.752. The third kappa shape index (κ3) is 10.1. The maximum absolute atomic E-state index is 10.7. The molecular formula is C8H16O2Rh+3. The van der Waals surface area contributed by atoms with E-state index in [2.05, 4.69) is 6.92 Å². The maximum Gasteiger partial charge on any atom is 3.00 e. The van der Waals surface area contributed by atoms with Gasteiger partial charge in [-0.1, -0.05) is 19.8 Å². The van der Waals surface area contributed by atoms with Gasteiger partial charge in [0.05, 0.1) is 6.61 Å². The number of esters is 1. The summed E-state index contributed by atoms with van der Waals surface area (Å²) in [5, 5.41) is 0. The van der Waals surface area contributed by atoms with Gasteiger partial charge in [-0.15, -0.1) is 0 Å². The van der Waals surface area contributed by atoms with Crippen LogP contribution in [0.2, 0.25) is 0 Å². The zero-order chi connectivity index (χ0) is 7.82. The van der Waals surface area contributed by atoms with Gasteiger partial charge in [0.2, 0.25) is 0 Å². The Balaban J connectivity index is 0. The molecule has 0 bridgehead atoms. The standard InChI is InChI=1S/C8H16O2.Rh/c1-3-5-6-7-8(9)10-4-2;/h3-7H2,1-2H3;/q;+3. The Morgan fingerprint density at radius 1 is 1.27 bits per heavy atom. The van der Waals surface area contributed by atoms with Gasteiger partial charge >= 0.3 is 25.4 Å². The minimum Gasteiger partial charge on any atom is -0.466 e. The van der Waals surface area contributed by atoms with Crippen LogP contribution in [0.1, 0.15) is 39.5 Å². The molecule has 0 heterocycles. The van der Waals surface area contributed by atoms with Gasteiger partial charge in [0.25, 0.3) is 0 Å². The molecule has 0 atom stereocenters. The van der Waals surface area contributed by atoms with Crippen molar-refractivity contribution in [2.24, 2.45) is 0 Å². The monoisotopic (exact) mass is 247 g/mol. The Bertz CT molecular complexity index is 94.1. The van der Waals surface area contributed by atoms with Crippen LogP contribution in [0, 0.1) is 0 Å². The molecule has 0 amide bonds. The summed E-state index contributed by atoms with van der Waals surface area (Å²) in [6.45, 7) is 4.45. The molecule has 0 aromatic heterocycles. The van der Waals surface area contributed by atoms with Crippen molar-refractivity contribution in [2.75, 3.05) is 6.61 Å². The Morgan fingerprint density at radius 2 is 1.91 bits per heavy atom. The molecule has 0 saturated heterocycles. The van der Waals surface area contributed by atoms with Crippen LogP contribution in [0.15, 0.2) is 0 Å². The Kier molecular flexibility index (Phi) is 12.5. The second-order valence-electron chi connectivity index (χ2n) is 2.26. The first kappa shape index (κ1) is 13.7. The molecule has 11 heavy (non-hydrogen) atoms. The Labute approximate surface area is 81.5 Å². The van der Waals surface area contributed by atoms with Crippen molar-refractivity contribution in [2.45, 2.75) is 39.5 Å². The van der Waals surface area contributed by atoms with Crippen LogP contribution in [0.3, 0.4) is 0 Å². The summed E-state index contributed by atoms with van der Waals surface area (Å²) in [5.74, 6) is -0.0593. The van der Waals surface area contributed by atoms with E-state index in [0.29, 0.717) is 13.0 Å². The van der Waals surface area contributed by atoms with Crippen LogP contribution in [-0.4, -0.2) is 12.6 Å². The number of unbranched alkanes of at least 4 members (excludes halogenated alkanes) is 2. The average molecular weight is 247 g/mol. The van der Waals surface area contributed by atoms with Crippen LogP contribution < -0.4 is 0 Å². The van der Waals surface area contributed by atoms with E-state index in [1.807, 2.05) is 6.92 Å². The molecule has 3 heteroatoms. The zero-order valence-corrected chi connectivity index (χ0v) is 8.82. The molecule has 0 aliphatic rings. The predicted molar refractivity (Wildman–Crippen MR) is 40.8 cm³/mol. The summed E-state index contributed by atoms with van der Waals surface area (Å²) >= 11 is 0. The number of rotatable bonds is 5. The Morgan fingerprint density at radius 3 is 2.36 bits per heavy atom. The molecule has 0 aliphatic carbocycles. The van der Waals surface area contributed by atoms with Gasteiger partial charge in [0.1, 0.15) is 0 Å². The average Bonchev–Trinajstić information content (AvgIpc) is 1.89. The molecule has 0 radical (unpaired) electrons. The van der Waals surface area contributed by atoms with E-state index in [9.17, 15) is 4.79 Å². The molecule has 0 unspecified atom stereocenters. The smallest absolute Gasteiger partial charge is 0.466 e. The molecule has 0 rings (SSSR count). The minimum atomic E-state index is -0.0593. The number of hydrogen-bond donors (Lipinski definition) is 0.